The molecule has 0 spiro atoms. The fourth-order valence-electron chi connectivity index (χ4n) is 2.62. The average Bonchev–Trinajstić information content (AvgIpc) is 2.89. The first kappa shape index (κ1) is 15.3. The van der Waals surface area contributed by atoms with Gasteiger partial charge in [-0.3, -0.25) is 4.90 Å². The molecule has 1 aliphatic rings. The summed E-state index contributed by atoms with van der Waals surface area (Å²) in [5, 5.41) is 9.62. The topological polar surface area (TPSA) is 41.3 Å². The summed E-state index contributed by atoms with van der Waals surface area (Å²) in [6.45, 7) is 3.52. The van der Waals surface area contributed by atoms with E-state index in [1.54, 1.807) is 11.1 Å². The van der Waals surface area contributed by atoms with E-state index < -0.39 is 11.8 Å². The molecule has 0 amide bonds. The van der Waals surface area contributed by atoms with Crippen LogP contribution < -0.4 is 0 Å². The lowest BCUT2D eigenvalue weighted by Crippen LogP contribution is -2.52. The second-order valence-corrected chi connectivity index (χ2v) is 5.66. The number of alkyl halides is 3. The van der Waals surface area contributed by atoms with E-state index in [4.69, 9.17) is 0 Å². The van der Waals surface area contributed by atoms with Crippen LogP contribution in [0.4, 0.5) is 13.2 Å². The molecule has 0 unspecified atom stereocenters. The Hall–Kier alpha value is -1.08. The Morgan fingerprint density at radius 2 is 2.15 bits per heavy atom. The first-order chi connectivity index (χ1) is 9.21. The summed E-state index contributed by atoms with van der Waals surface area (Å²) in [5.74, 6) is 0.847. The zero-order chi connectivity index (χ0) is 15.0. The van der Waals surface area contributed by atoms with Crippen molar-refractivity contribution >= 4 is 0 Å². The fourth-order valence-corrected chi connectivity index (χ4v) is 2.62. The van der Waals surface area contributed by atoms with Gasteiger partial charge in [0.25, 0.3) is 0 Å². The molecule has 1 saturated heterocycles. The first-order valence-electron chi connectivity index (χ1n) is 6.71. The highest BCUT2D eigenvalue weighted by atomic mass is 19.4. The van der Waals surface area contributed by atoms with E-state index in [-0.39, 0.29) is 12.6 Å². The van der Waals surface area contributed by atoms with Crippen molar-refractivity contribution in [2.75, 3.05) is 13.1 Å². The van der Waals surface area contributed by atoms with Gasteiger partial charge in [-0.1, -0.05) is 0 Å². The summed E-state index contributed by atoms with van der Waals surface area (Å²) in [4.78, 5) is 5.84. The smallest absolute Gasteiger partial charge is 0.380 e. The van der Waals surface area contributed by atoms with E-state index in [1.807, 2.05) is 17.7 Å². The molecule has 2 rings (SSSR count). The Kier molecular flexibility index (Phi) is 4.11. The number of imidazole rings is 1. The number of hydrogen-bond donors (Lipinski definition) is 1. The van der Waals surface area contributed by atoms with Gasteiger partial charge in [0.1, 0.15) is 5.82 Å². The minimum Gasteiger partial charge on any atom is -0.380 e. The number of likely N-dealkylation sites (tertiary alicyclic amines) is 1. The van der Waals surface area contributed by atoms with Crippen molar-refractivity contribution in [1.29, 1.82) is 0 Å². The van der Waals surface area contributed by atoms with Crippen LogP contribution in [0.1, 0.15) is 25.6 Å². The summed E-state index contributed by atoms with van der Waals surface area (Å²) < 4.78 is 40.2. The van der Waals surface area contributed by atoms with Gasteiger partial charge in [0.2, 0.25) is 0 Å². The van der Waals surface area contributed by atoms with Crippen LogP contribution in [0.15, 0.2) is 12.4 Å². The van der Waals surface area contributed by atoms with Crippen molar-refractivity contribution in [1.82, 2.24) is 14.5 Å². The van der Waals surface area contributed by atoms with Gasteiger partial charge in [0.15, 0.2) is 5.60 Å². The monoisotopic (exact) mass is 291 g/mol. The van der Waals surface area contributed by atoms with E-state index >= 15 is 0 Å². The van der Waals surface area contributed by atoms with Gasteiger partial charge in [-0.25, -0.2) is 4.98 Å². The summed E-state index contributed by atoms with van der Waals surface area (Å²) in [6, 6.07) is 0.0109. The highest BCUT2D eigenvalue weighted by molar-refractivity contribution is 4.94. The second kappa shape index (κ2) is 5.37. The van der Waals surface area contributed by atoms with Gasteiger partial charge in [-0.15, -0.1) is 0 Å². The van der Waals surface area contributed by atoms with Crippen molar-refractivity contribution in [2.24, 2.45) is 0 Å². The van der Waals surface area contributed by atoms with Crippen LogP contribution in [0.3, 0.4) is 0 Å². The molecule has 0 bridgehead atoms. The van der Waals surface area contributed by atoms with Crippen molar-refractivity contribution < 1.29 is 18.3 Å². The SMILES string of the molecule is Cc1nccn1C[C@H]1CCCN1C[C@@](C)(O)C(F)(F)F. The number of aromatic nitrogens is 2. The molecule has 0 radical (unpaired) electrons. The number of rotatable bonds is 4. The van der Waals surface area contributed by atoms with Gasteiger partial charge in [-0.05, 0) is 33.2 Å². The normalized spacial score (nSPS) is 24.0. The van der Waals surface area contributed by atoms with Crippen molar-refractivity contribution in [2.45, 2.75) is 51.1 Å². The molecular formula is C13H20F3N3O. The van der Waals surface area contributed by atoms with Crippen molar-refractivity contribution in [3.8, 4) is 0 Å². The molecule has 2 heterocycles. The average molecular weight is 291 g/mol. The number of nitrogens with zero attached hydrogens (tertiary/aromatic N) is 3. The summed E-state index contributed by atoms with van der Waals surface area (Å²) in [5.41, 5.74) is -2.67. The number of β-amino-alcohol motifs (C(OH)–C–C–N with tert-alkyl or cyclic N) is 1. The highest BCUT2D eigenvalue weighted by Gasteiger charge is 2.51. The lowest BCUT2D eigenvalue weighted by atomic mass is 10.1. The molecule has 0 saturated carbocycles. The van der Waals surface area contributed by atoms with Crippen LogP contribution in [-0.2, 0) is 6.54 Å². The molecule has 0 aromatic carbocycles. The fraction of sp³-hybridized carbons (Fsp3) is 0.769. The summed E-state index contributed by atoms with van der Waals surface area (Å²) >= 11 is 0. The lowest BCUT2D eigenvalue weighted by molar-refractivity contribution is -0.258. The van der Waals surface area contributed by atoms with Gasteiger partial charge >= 0.3 is 6.18 Å². The van der Waals surface area contributed by atoms with E-state index in [0.717, 1.165) is 25.6 Å². The van der Waals surface area contributed by atoms with E-state index in [2.05, 4.69) is 4.98 Å². The van der Waals surface area contributed by atoms with Crippen LogP contribution in [0, 0.1) is 6.92 Å². The van der Waals surface area contributed by atoms with Gasteiger partial charge in [0.05, 0.1) is 0 Å². The molecule has 1 N–H and O–H groups in total. The molecular weight excluding hydrogens is 271 g/mol. The van der Waals surface area contributed by atoms with Crippen LogP contribution in [0.5, 0.6) is 0 Å². The molecule has 1 aliphatic heterocycles. The summed E-state index contributed by atoms with van der Waals surface area (Å²) in [7, 11) is 0. The maximum atomic E-state index is 12.8. The molecule has 1 fully saturated rings. The number of hydrogen-bond acceptors (Lipinski definition) is 3. The predicted molar refractivity (Wildman–Crippen MR) is 68.2 cm³/mol. The Balaban J connectivity index is 2.03. The third kappa shape index (κ3) is 3.15. The molecule has 2 atom stereocenters. The van der Waals surface area contributed by atoms with Crippen LogP contribution in [0.25, 0.3) is 0 Å². The third-order valence-electron chi connectivity index (χ3n) is 3.95. The van der Waals surface area contributed by atoms with Crippen LogP contribution in [-0.4, -0.2) is 50.5 Å². The van der Waals surface area contributed by atoms with Crippen molar-refractivity contribution in [3.05, 3.63) is 18.2 Å². The maximum absolute atomic E-state index is 12.8. The largest absolute Gasteiger partial charge is 0.418 e. The predicted octanol–water partition coefficient (Wildman–Crippen LogP) is 1.97. The molecule has 4 nitrogen and oxygen atoms in total. The van der Waals surface area contributed by atoms with Crippen LogP contribution in [0.2, 0.25) is 0 Å². The Morgan fingerprint density at radius 3 is 2.70 bits per heavy atom. The van der Waals surface area contributed by atoms with Crippen molar-refractivity contribution in [3.63, 3.8) is 0 Å². The quantitative estimate of drug-likeness (QED) is 0.922. The van der Waals surface area contributed by atoms with E-state index in [9.17, 15) is 18.3 Å². The van der Waals surface area contributed by atoms with Gasteiger partial charge < -0.3 is 9.67 Å². The molecule has 0 aliphatic carbocycles. The number of aliphatic hydroxyl groups is 1. The Morgan fingerprint density at radius 1 is 1.45 bits per heavy atom. The highest BCUT2D eigenvalue weighted by Crippen LogP contribution is 2.32. The van der Waals surface area contributed by atoms with Gasteiger partial charge in [-0.2, -0.15) is 13.2 Å². The molecule has 1 aromatic rings. The van der Waals surface area contributed by atoms with Crippen LogP contribution >= 0.6 is 0 Å². The molecule has 114 valence electrons. The van der Waals surface area contributed by atoms with E-state index in [1.165, 1.54) is 0 Å². The second-order valence-electron chi connectivity index (χ2n) is 5.66. The summed E-state index contributed by atoms with van der Waals surface area (Å²) in [6.07, 6.45) is 0.594. The number of halogens is 3. The lowest BCUT2D eigenvalue weighted by Gasteiger charge is -2.34. The standard InChI is InChI=1S/C13H20F3N3O/c1-10-17-5-7-18(10)8-11-4-3-6-19(11)9-12(2,20)13(14,15)16/h5,7,11,20H,3-4,6,8-9H2,1-2H3/t11-,12-/m1/s1. The molecule has 7 heteroatoms. The maximum Gasteiger partial charge on any atom is 0.418 e. The zero-order valence-corrected chi connectivity index (χ0v) is 11.7. The third-order valence-corrected chi connectivity index (χ3v) is 3.95. The van der Waals surface area contributed by atoms with Gasteiger partial charge in [0, 0.05) is 31.5 Å². The zero-order valence-electron chi connectivity index (χ0n) is 11.7. The molecule has 20 heavy (non-hydrogen) atoms. The Labute approximate surface area is 116 Å². The minimum absolute atomic E-state index is 0.0109. The minimum atomic E-state index is -4.61. The number of aryl methyl sites for hydroxylation is 1. The molecule has 1 aromatic heterocycles. The first-order valence-corrected chi connectivity index (χ1v) is 6.71. The van der Waals surface area contributed by atoms with E-state index in [0.29, 0.717) is 13.1 Å². The Bertz CT molecular complexity index is 456.